The molecule has 0 aromatic heterocycles. The van der Waals surface area contributed by atoms with Crippen LogP contribution in [0.2, 0.25) is 0 Å². The molecule has 0 aliphatic carbocycles. The molecule has 1 aromatic rings. The summed E-state index contributed by atoms with van der Waals surface area (Å²) in [6.07, 6.45) is 1.11. The van der Waals surface area contributed by atoms with Crippen molar-refractivity contribution in [3.05, 3.63) is 23.8 Å². The molecule has 1 saturated heterocycles. The molecule has 0 bridgehead atoms. The molecule has 19 heavy (non-hydrogen) atoms. The van der Waals surface area contributed by atoms with Crippen molar-refractivity contribution >= 4 is 0 Å². The molecule has 1 aliphatic rings. The SMILES string of the molecule is COc1cccc(C2CCN(C)CC2CN)c1OC. The first-order valence-corrected chi connectivity index (χ1v) is 6.80. The maximum atomic E-state index is 5.96. The van der Waals surface area contributed by atoms with Crippen molar-refractivity contribution in [3.8, 4) is 11.5 Å². The van der Waals surface area contributed by atoms with E-state index in [9.17, 15) is 0 Å². The van der Waals surface area contributed by atoms with Crippen molar-refractivity contribution in [2.24, 2.45) is 11.7 Å². The monoisotopic (exact) mass is 264 g/mol. The molecule has 0 radical (unpaired) electrons. The van der Waals surface area contributed by atoms with E-state index in [0.29, 0.717) is 18.4 Å². The zero-order valence-electron chi connectivity index (χ0n) is 12.1. The Kier molecular flexibility index (Phi) is 4.66. The molecule has 2 N–H and O–H groups in total. The van der Waals surface area contributed by atoms with Crippen LogP contribution in [0.5, 0.6) is 11.5 Å². The van der Waals surface area contributed by atoms with Crippen LogP contribution in [0, 0.1) is 5.92 Å². The number of nitrogens with zero attached hydrogens (tertiary/aromatic N) is 1. The van der Waals surface area contributed by atoms with E-state index in [2.05, 4.69) is 18.0 Å². The maximum absolute atomic E-state index is 5.96. The van der Waals surface area contributed by atoms with Gasteiger partial charge in [-0.2, -0.15) is 0 Å². The first-order chi connectivity index (χ1) is 9.21. The molecule has 1 aliphatic heterocycles. The second-order valence-electron chi connectivity index (χ2n) is 5.24. The number of methoxy groups -OCH3 is 2. The number of rotatable bonds is 4. The van der Waals surface area contributed by atoms with Gasteiger partial charge in [-0.15, -0.1) is 0 Å². The largest absolute Gasteiger partial charge is 0.493 e. The third-order valence-corrected chi connectivity index (χ3v) is 4.07. The summed E-state index contributed by atoms with van der Waals surface area (Å²) in [6, 6.07) is 6.11. The summed E-state index contributed by atoms with van der Waals surface area (Å²) in [5, 5.41) is 0. The third-order valence-electron chi connectivity index (χ3n) is 4.07. The fourth-order valence-electron chi connectivity index (χ4n) is 3.07. The lowest BCUT2D eigenvalue weighted by atomic mass is 9.80. The highest BCUT2D eigenvalue weighted by molar-refractivity contribution is 5.48. The van der Waals surface area contributed by atoms with E-state index in [-0.39, 0.29) is 0 Å². The van der Waals surface area contributed by atoms with Crippen LogP contribution in [0.1, 0.15) is 17.9 Å². The fraction of sp³-hybridized carbons (Fsp3) is 0.600. The van der Waals surface area contributed by atoms with Crippen LogP contribution in [0.3, 0.4) is 0 Å². The molecule has 0 saturated carbocycles. The molecule has 4 heteroatoms. The van der Waals surface area contributed by atoms with Crippen molar-refractivity contribution in [2.75, 3.05) is 40.9 Å². The van der Waals surface area contributed by atoms with E-state index in [0.717, 1.165) is 31.0 Å². The zero-order valence-corrected chi connectivity index (χ0v) is 12.1. The van der Waals surface area contributed by atoms with Crippen molar-refractivity contribution in [3.63, 3.8) is 0 Å². The summed E-state index contributed by atoms with van der Waals surface area (Å²) in [4.78, 5) is 2.35. The quantitative estimate of drug-likeness (QED) is 0.899. The lowest BCUT2D eigenvalue weighted by molar-refractivity contribution is 0.185. The molecule has 2 rings (SSSR count). The lowest BCUT2D eigenvalue weighted by Crippen LogP contribution is -2.40. The van der Waals surface area contributed by atoms with Crippen molar-refractivity contribution in [1.29, 1.82) is 0 Å². The molecule has 106 valence electrons. The fourth-order valence-corrected chi connectivity index (χ4v) is 3.07. The van der Waals surface area contributed by atoms with Gasteiger partial charge in [0.05, 0.1) is 14.2 Å². The topological polar surface area (TPSA) is 47.7 Å². The number of hydrogen-bond donors (Lipinski definition) is 1. The van der Waals surface area contributed by atoms with Gasteiger partial charge >= 0.3 is 0 Å². The van der Waals surface area contributed by atoms with Crippen LogP contribution < -0.4 is 15.2 Å². The van der Waals surface area contributed by atoms with Gasteiger partial charge < -0.3 is 20.1 Å². The predicted molar refractivity (Wildman–Crippen MR) is 76.9 cm³/mol. The minimum atomic E-state index is 0.450. The van der Waals surface area contributed by atoms with Gasteiger partial charge in [0, 0.05) is 12.1 Å². The minimum absolute atomic E-state index is 0.450. The summed E-state index contributed by atoms with van der Waals surface area (Å²) in [7, 11) is 5.53. The van der Waals surface area contributed by atoms with Gasteiger partial charge in [-0.05, 0) is 44.5 Å². The summed E-state index contributed by atoms with van der Waals surface area (Å²) in [5.74, 6) is 2.58. The Bertz CT molecular complexity index is 423. The highest BCUT2D eigenvalue weighted by Gasteiger charge is 2.30. The van der Waals surface area contributed by atoms with E-state index in [1.54, 1.807) is 14.2 Å². The van der Waals surface area contributed by atoms with Crippen molar-refractivity contribution in [2.45, 2.75) is 12.3 Å². The lowest BCUT2D eigenvalue weighted by Gasteiger charge is -2.37. The summed E-state index contributed by atoms with van der Waals surface area (Å²) < 4.78 is 11.0. The number of ether oxygens (including phenoxy) is 2. The van der Waals surface area contributed by atoms with Gasteiger partial charge in [-0.3, -0.25) is 0 Å². The van der Waals surface area contributed by atoms with Gasteiger partial charge in [0.25, 0.3) is 0 Å². The average molecular weight is 264 g/mol. The Labute approximate surface area is 115 Å². The standard InChI is InChI=1S/C15H24N2O2/c1-17-8-7-12(11(9-16)10-17)13-5-4-6-14(18-2)15(13)19-3/h4-6,11-12H,7-10,16H2,1-3H3. The number of hydrogen-bond acceptors (Lipinski definition) is 4. The van der Waals surface area contributed by atoms with E-state index in [1.807, 2.05) is 12.1 Å². The number of benzene rings is 1. The highest BCUT2D eigenvalue weighted by atomic mass is 16.5. The predicted octanol–water partition coefficient (Wildman–Crippen LogP) is 1.70. The highest BCUT2D eigenvalue weighted by Crippen LogP contribution is 2.41. The number of nitrogens with two attached hydrogens (primary N) is 1. The number of likely N-dealkylation sites (tertiary alicyclic amines) is 1. The minimum Gasteiger partial charge on any atom is -0.493 e. The Hall–Kier alpha value is -1.26. The number of piperidine rings is 1. The van der Waals surface area contributed by atoms with Gasteiger partial charge in [-0.1, -0.05) is 12.1 Å². The van der Waals surface area contributed by atoms with E-state index >= 15 is 0 Å². The summed E-state index contributed by atoms with van der Waals surface area (Å²) in [5.41, 5.74) is 7.18. The molecule has 1 fully saturated rings. The van der Waals surface area contributed by atoms with Gasteiger partial charge in [0.1, 0.15) is 0 Å². The normalized spacial score (nSPS) is 24.2. The Morgan fingerprint density at radius 2 is 2.11 bits per heavy atom. The average Bonchev–Trinajstić information content (AvgIpc) is 2.46. The van der Waals surface area contributed by atoms with E-state index < -0.39 is 0 Å². The first kappa shape index (κ1) is 14.2. The van der Waals surface area contributed by atoms with Crippen LogP contribution >= 0.6 is 0 Å². The third kappa shape index (κ3) is 2.85. The van der Waals surface area contributed by atoms with Crippen molar-refractivity contribution in [1.82, 2.24) is 4.90 Å². The second-order valence-corrected chi connectivity index (χ2v) is 5.24. The van der Waals surface area contributed by atoms with Crippen LogP contribution in [0.4, 0.5) is 0 Å². The van der Waals surface area contributed by atoms with Gasteiger partial charge in [0.2, 0.25) is 0 Å². The summed E-state index contributed by atoms with van der Waals surface area (Å²) >= 11 is 0. The van der Waals surface area contributed by atoms with E-state index in [4.69, 9.17) is 15.2 Å². The molecule has 0 spiro atoms. The first-order valence-electron chi connectivity index (χ1n) is 6.80. The van der Waals surface area contributed by atoms with Gasteiger partial charge in [-0.25, -0.2) is 0 Å². The van der Waals surface area contributed by atoms with Crippen LogP contribution in [0.15, 0.2) is 18.2 Å². The summed E-state index contributed by atoms with van der Waals surface area (Å²) in [6.45, 7) is 2.85. The number of para-hydroxylation sites is 1. The van der Waals surface area contributed by atoms with Crippen LogP contribution in [-0.4, -0.2) is 45.8 Å². The molecule has 4 nitrogen and oxygen atoms in total. The Morgan fingerprint density at radius 3 is 2.74 bits per heavy atom. The molecular formula is C15H24N2O2. The van der Waals surface area contributed by atoms with Crippen molar-refractivity contribution < 1.29 is 9.47 Å². The molecule has 2 unspecified atom stereocenters. The second kappa shape index (κ2) is 6.26. The molecule has 1 heterocycles. The Morgan fingerprint density at radius 1 is 1.32 bits per heavy atom. The molecular weight excluding hydrogens is 240 g/mol. The Balaban J connectivity index is 2.34. The zero-order chi connectivity index (χ0) is 13.8. The molecule has 2 atom stereocenters. The smallest absolute Gasteiger partial charge is 0.164 e. The van der Waals surface area contributed by atoms with Crippen LogP contribution in [0.25, 0.3) is 0 Å². The van der Waals surface area contributed by atoms with Crippen LogP contribution in [-0.2, 0) is 0 Å². The van der Waals surface area contributed by atoms with Gasteiger partial charge in [0.15, 0.2) is 11.5 Å². The molecule has 0 amide bonds. The maximum Gasteiger partial charge on any atom is 0.164 e. The molecule has 1 aromatic carbocycles. The van der Waals surface area contributed by atoms with E-state index in [1.165, 1.54) is 5.56 Å².